The molecule has 0 N–H and O–H groups in total. The van der Waals surface area contributed by atoms with Crippen LogP contribution in [0.2, 0.25) is 0 Å². The van der Waals surface area contributed by atoms with Crippen LogP contribution in [0.1, 0.15) is 11.1 Å². The minimum atomic E-state index is -4.22. The number of nitriles is 2. The summed E-state index contributed by atoms with van der Waals surface area (Å²) in [4.78, 5) is -0.265. The van der Waals surface area contributed by atoms with Gasteiger partial charge in [0.15, 0.2) is 11.4 Å². The maximum atomic E-state index is 12.2. The summed E-state index contributed by atoms with van der Waals surface area (Å²) in [6.07, 6.45) is 0. The third-order valence-corrected chi connectivity index (χ3v) is 6.40. The summed E-state index contributed by atoms with van der Waals surface area (Å²) in [6.45, 7) is 0. The molecule has 0 saturated heterocycles. The molecule has 10 nitrogen and oxygen atoms in total. The van der Waals surface area contributed by atoms with Crippen molar-refractivity contribution < 1.29 is 25.4 Å². The van der Waals surface area contributed by atoms with Gasteiger partial charge in [0.05, 0.1) is 0 Å². The molecule has 0 amide bonds. The maximum Gasteiger partial charge on any atom is 0.358 e. The minimum absolute atomic E-state index is 0.133. The highest BCUT2D eigenvalue weighted by Crippen LogP contribution is 2.15. The average molecular weight is 495 g/mol. The van der Waals surface area contributed by atoms with Gasteiger partial charge in [0.25, 0.3) is 0 Å². The van der Waals surface area contributed by atoms with Gasteiger partial charge in [-0.1, -0.05) is 71.0 Å². The van der Waals surface area contributed by atoms with Crippen LogP contribution in [-0.2, 0) is 28.8 Å². The van der Waals surface area contributed by atoms with Crippen molar-refractivity contribution in [3.63, 3.8) is 0 Å². The Kier molecular flexibility index (Phi) is 7.38. The Hall–Kier alpha value is -4.52. The van der Waals surface area contributed by atoms with Gasteiger partial charge in [0.2, 0.25) is 0 Å². The molecule has 3 rings (SSSR count). The van der Waals surface area contributed by atoms with Crippen LogP contribution in [0.25, 0.3) is 0 Å². The number of nitrogens with zero attached hydrogens (tertiary/aromatic N) is 4. The first-order valence-electron chi connectivity index (χ1n) is 9.31. The first-order chi connectivity index (χ1) is 16.3. The van der Waals surface area contributed by atoms with E-state index < -0.39 is 20.2 Å². The van der Waals surface area contributed by atoms with Crippen molar-refractivity contribution in [2.75, 3.05) is 0 Å². The lowest BCUT2D eigenvalue weighted by Crippen LogP contribution is -2.07. The highest BCUT2D eigenvalue weighted by atomic mass is 32.2. The highest BCUT2D eigenvalue weighted by molar-refractivity contribution is 7.87. The molecule has 0 atom stereocenters. The predicted molar refractivity (Wildman–Crippen MR) is 120 cm³/mol. The fraction of sp³-hybridized carbons (Fsp3) is 0. The quantitative estimate of drug-likeness (QED) is 0.341. The smallest absolute Gasteiger partial charge is 0.263 e. The van der Waals surface area contributed by atoms with Crippen LogP contribution in [0.5, 0.6) is 0 Å². The second-order valence-electron chi connectivity index (χ2n) is 6.36. The summed E-state index contributed by atoms with van der Waals surface area (Å²) in [5.74, 6) is 0. The molecule has 0 radical (unpaired) electrons. The van der Waals surface area contributed by atoms with Gasteiger partial charge in [-0.2, -0.15) is 27.4 Å². The second-order valence-corrected chi connectivity index (χ2v) is 9.42. The Balaban J connectivity index is 1.79. The predicted octanol–water partition coefficient (Wildman–Crippen LogP) is 2.95. The highest BCUT2D eigenvalue weighted by Gasteiger charge is 2.18. The summed E-state index contributed by atoms with van der Waals surface area (Å²) in [6, 6.07) is 23.4. The first-order valence-corrected chi connectivity index (χ1v) is 12.1. The zero-order chi connectivity index (χ0) is 24.6. The summed E-state index contributed by atoms with van der Waals surface area (Å²) in [5, 5.41) is 25.5. The monoisotopic (exact) mass is 494 g/mol. The number of oxime groups is 2. The Labute approximate surface area is 195 Å². The molecule has 0 aliphatic carbocycles. The van der Waals surface area contributed by atoms with E-state index in [9.17, 15) is 27.4 Å². The average Bonchev–Trinajstić information content (AvgIpc) is 2.86. The number of hydrogen-bond donors (Lipinski definition) is 0. The van der Waals surface area contributed by atoms with Crippen molar-refractivity contribution in [2.24, 2.45) is 10.3 Å². The van der Waals surface area contributed by atoms with Crippen LogP contribution in [0.3, 0.4) is 0 Å². The maximum absolute atomic E-state index is 12.2. The van der Waals surface area contributed by atoms with Gasteiger partial charge < -0.3 is 0 Å². The van der Waals surface area contributed by atoms with Crippen LogP contribution in [0.15, 0.2) is 105 Å². The van der Waals surface area contributed by atoms with Gasteiger partial charge in [-0.05, 0) is 24.3 Å². The third-order valence-electron chi connectivity index (χ3n) is 4.16. The molecule has 170 valence electrons. The topological polar surface area (TPSA) is 159 Å². The largest absolute Gasteiger partial charge is 0.358 e. The molecular formula is C22H14N4O6S2. The van der Waals surface area contributed by atoms with E-state index in [0.29, 0.717) is 0 Å². The number of hydrogen-bond acceptors (Lipinski definition) is 10. The van der Waals surface area contributed by atoms with Gasteiger partial charge in [-0.15, -0.1) is 0 Å². The van der Waals surface area contributed by atoms with E-state index in [1.165, 1.54) is 72.8 Å². The van der Waals surface area contributed by atoms with Crippen molar-refractivity contribution in [2.45, 2.75) is 9.79 Å². The summed E-state index contributed by atoms with van der Waals surface area (Å²) in [5.41, 5.74) is -0.317. The van der Waals surface area contributed by atoms with Crippen molar-refractivity contribution in [3.8, 4) is 12.1 Å². The fourth-order valence-corrected chi connectivity index (χ4v) is 3.99. The molecule has 0 unspecified atom stereocenters. The molecule has 3 aromatic rings. The van der Waals surface area contributed by atoms with Crippen LogP contribution < -0.4 is 0 Å². The van der Waals surface area contributed by atoms with Gasteiger partial charge in [-0.3, -0.25) is 8.57 Å². The molecule has 0 aromatic heterocycles. The number of rotatable bonds is 8. The van der Waals surface area contributed by atoms with E-state index in [2.05, 4.69) is 18.9 Å². The van der Waals surface area contributed by atoms with E-state index in [-0.39, 0.29) is 32.3 Å². The standard InChI is InChI=1S/C22H14N4O6S2/c23-15-21(25-31-33(27,28)19-7-3-1-4-8-19)17-11-13-18(14-12-17)22(16-24)26-32-34(29,30)20-9-5-2-6-10-20/h1-14H. The van der Waals surface area contributed by atoms with Crippen molar-refractivity contribution in [1.82, 2.24) is 0 Å². The second kappa shape index (κ2) is 10.4. The number of benzene rings is 3. The zero-order valence-electron chi connectivity index (χ0n) is 17.1. The molecular weight excluding hydrogens is 480 g/mol. The summed E-state index contributed by atoms with van der Waals surface area (Å²) < 4.78 is 57.9. The Bertz CT molecular complexity index is 1400. The molecule has 0 bridgehead atoms. The molecule has 0 fully saturated rings. The summed E-state index contributed by atoms with van der Waals surface area (Å²) >= 11 is 0. The molecule has 12 heteroatoms. The Morgan fingerprint density at radius 3 is 1.21 bits per heavy atom. The van der Waals surface area contributed by atoms with Crippen LogP contribution in [0, 0.1) is 22.7 Å². The normalized spacial score (nSPS) is 12.3. The lowest BCUT2D eigenvalue weighted by molar-refractivity contribution is 0.339. The van der Waals surface area contributed by atoms with E-state index in [0.717, 1.165) is 0 Å². The fourth-order valence-electron chi connectivity index (χ4n) is 2.49. The SMILES string of the molecule is N#CC(=NOS(=O)(=O)c1ccccc1)c1ccc(C(C#N)=NOS(=O)(=O)c2ccccc2)cc1. The van der Waals surface area contributed by atoms with Gasteiger partial charge in [-0.25, -0.2) is 0 Å². The van der Waals surface area contributed by atoms with Crippen LogP contribution in [0.4, 0.5) is 0 Å². The van der Waals surface area contributed by atoms with Gasteiger partial charge in [0, 0.05) is 11.1 Å². The molecule has 0 aliphatic heterocycles. The summed E-state index contributed by atoms with van der Waals surface area (Å²) in [7, 11) is -8.43. The van der Waals surface area contributed by atoms with Gasteiger partial charge in [0.1, 0.15) is 21.9 Å². The van der Waals surface area contributed by atoms with Crippen molar-refractivity contribution in [1.29, 1.82) is 10.5 Å². The van der Waals surface area contributed by atoms with E-state index in [4.69, 9.17) is 0 Å². The van der Waals surface area contributed by atoms with Crippen molar-refractivity contribution >= 4 is 31.7 Å². The van der Waals surface area contributed by atoms with Crippen LogP contribution >= 0.6 is 0 Å². The molecule has 0 aliphatic rings. The molecule has 0 saturated carbocycles. The van der Waals surface area contributed by atoms with Gasteiger partial charge >= 0.3 is 20.2 Å². The van der Waals surface area contributed by atoms with E-state index >= 15 is 0 Å². The zero-order valence-corrected chi connectivity index (χ0v) is 18.8. The molecule has 3 aromatic carbocycles. The van der Waals surface area contributed by atoms with E-state index in [1.54, 1.807) is 24.3 Å². The lowest BCUT2D eigenvalue weighted by atomic mass is 10.1. The lowest BCUT2D eigenvalue weighted by Gasteiger charge is -2.04. The Morgan fingerprint density at radius 1 is 0.588 bits per heavy atom. The first kappa shape index (κ1) is 24.1. The molecule has 0 spiro atoms. The Morgan fingerprint density at radius 2 is 0.912 bits per heavy atom. The van der Waals surface area contributed by atoms with Crippen molar-refractivity contribution in [3.05, 3.63) is 96.1 Å². The van der Waals surface area contributed by atoms with Crippen LogP contribution in [-0.4, -0.2) is 28.3 Å². The third kappa shape index (κ3) is 5.83. The molecule has 0 heterocycles. The minimum Gasteiger partial charge on any atom is -0.263 e. The van der Waals surface area contributed by atoms with E-state index in [1.807, 2.05) is 0 Å². The molecule has 34 heavy (non-hydrogen) atoms.